The van der Waals surface area contributed by atoms with Crippen LogP contribution < -0.4 is 9.47 Å². The Labute approximate surface area is 120 Å². The summed E-state index contributed by atoms with van der Waals surface area (Å²) in [6.07, 6.45) is 3.24. The summed E-state index contributed by atoms with van der Waals surface area (Å²) in [7, 11) is 3.23. The summed E-state index contributed by atoms with van der Waals surface area (Å²) in [5.41, 5.74) is 1.98. The number of methoxy groups -OCH3 is 2. The number of esters is 1. The van der Waals surface area contributed by atoms with E-state index in [4.69, 9.17) is 14.2 Å². The van der Waals surface area contributed by atoms with E-state index in [-0.39, 0.29) is 11.9 Å². The summed E-state index contributed by atoms with van der Waals surface area (Å²) in [6, 6.07) is 3.96. The maximum absolute atomic E-state index is 11.3. The van der Waals surface area contributed by atoms with E-state index < -0.39 is 0 Å². The highest BCUT2D eigenvalue weighted by Crippen LogP contribution is 2.38. The van der Waals surface area contributed by atoms with Crippen molar-refractivity contribution in [3.8, 4) is 11.5 Å². The van der Waals surface area contributed by atoms with Crippen molar-refractivity contribution >= 4 is 5.97 Å². The van der Waals surface area contributed by atoms with Crippen LogP contribution in [-0.2, 0) is 9.53 Å². The molecule has 4 nitrogen and oxygen atoms in total. The first-order chi connectivity index (χ1) is 9.54. The Kier molecular flexibility index (Phi) is 6.10. The summed E-state index contributed by atoms with van der Waals surface area (Å²) in [5, 5.41) is 0. The van der Waals surface area contributed by atoms with Gasteiger partial charge in [0.05, 0.1) is 20.8 Å². The van der Waals surface area contributed by atoms with Gasteiger partial charge in [-0.1, -0.05) is 25.1 Å². The lowest BCUT2D eigenvalue weighted by molar-refractivity contribution is -0.137. The Balaban J connectivity index is 3.04. The van der Waals surface area contributed by atoms with Gasteiger partial charge in [0.2, 0.25) is 0 Å². The van der Waals surface area contributed by atoms with Gasteiger partial charge < -0.3 is 14.2 Å². The smallest absolute Gasteiger partial charge is 0.330 e. The van der Waals surface area contributed by atoms with Crippen LogP contribution in [0, 0.1) is 6.92 Å². The average Bonchev–Trinajstić information content (AvgIpc) is 2.44. The second-order valence-electron chi connectivity index (χ2n) is 4.44. The minimum absolute atomic E-state index is 0.0175. The summed E-state index contributed by atoms with van der Waals surface area (Å²) >= 11 is 0. The maximum Gasteiger partial charge on any atom is 0.330 e. The first kappa shape index (κ1) is 16.1. The summed E-state index contributed by atoms with van der Waals surface area (Å²) < 4.78 is 15.7. The predicted octanol–water partition coefficient (Wildman–Crippen LogP) is 3.24. The molecule has 0 heterocycles. The maximum atomic E-state index is 11.3. The molecule has 1 aromatic rings. The Morgan fingerprint density at radius 1 is 1.25 bits per heavy atom. The molecule has 0 bridgehead atoms. The van der Waals surface area contributed by atoms with Crippen LogP contribution in [0.15, 0.2) is 24.3 Å². The number of rotatable bonds is 6. The molecule has 0 aromatic heterocycles. The fourth-order valence-electron chi connectivity index (χ4n) is 2.02. The molecule has 1 aromatic carbocycles. The number of benzene rings is 1. The number of hydrogen-bond acceptors (Lipinski definition) is 4. The number of hydrogen-bond donors (Lipinski definition) is 0. The Bertz CT molecular complexity index is 491. The van der Waals surface area contributed by atoms with Gasteiger partial charge in [-0.2, -0.15) is 0 Å². The molecule has 0 N–H and O–H groups in total. The van der Waals surface area contributed by atoms with Crippen molar-refractivity contribution in [3.05, 3.63) is 35.4 Å². The molecule has 0 unspecified atom stereocenters. The van der Waals surface area contributed by atoms with E-state index in [9.17, 15) is 4.79 Å². The lowest BCUT2D eigenvalue weighted by atomic mass is 9.97. The van der Waals surface area contributed by atoms with Crippen molar-refractivity contribution in [2.24, 2.45) is 0 Å². The minimum atomic E-state index is -0.336. The average molecular weight is 278 g/mol. The molecule has 0 saturated carbocycles. The minimum Gasteiger partial charge on any atom is -0.493 e. The van der Waals surface area contributed by atoms with Crippen molar-refractivity contribution in [3.63, 3.8) is 0 Å². The van der Waals surface area contributed by atoms with Crippen LogP contribution in [0.3, 0.4) is 0 Å². The zero-order chi connectivity index (χ0) is 15.1. The quantitative estimate of drug-likeness (QED) is 0.592. The molecule has 0 aliphatic rings. The van der Waals surface area contributed by atoms with Crippen molar-refractivity contribution in [2.45, 2.75) is 26.7 Å². The van der Waals surface area contributed by atoms with Crippen LogP contribution in [-0.4, -0.2) is 26.8 Å². The van der Waals surface area contributed by atoms with E-state index in [0.717, 1.165) is 16.9 Å². The van der Waals surface area contributed by atoms with Gasteiger partial charge in [0.1, 0.15) is 0 Å². The molecular formula is C16H22O4. The molecule has 0 aliphatic heterocycles. The molecule has 0 fully saturated rings. The molecule has 4 heteroatoms. The number of carbonyl (C=O) groups is 1. The van der Waals surface area contributed by atoms with Crippen LogP contribution in [0.4, 0.5) is 0 Å². The largest absolute Gasteiger partial charge is 0.493 e. The molecule has 1 rings (SSSR count). The van der Waals surface area contributed by atoms with Crippen LogP contribution >= 0.6 is 0 Å². The number of carbonyl (C=O) groups excluding carboxylic acids is 1. The fraction of sp³-hybridized carbons (Fsp3) is 0.438. The Morgan fingerprint density at radius 2 is 1.90 bits per heavy atom. The highest BCUT2D eigenvalue weighted by Gasteiger charge is 2.16. The van der Waals surface area contributed by atoms with Crippen LogP contribution in [0.5, 0.6) is 11.5 Å². The van der Waals surface area contributed by atoms with E-state index in [0.29, 0.717) is 12.4 Å². The van der Waals surface area contributed by atoms with E-state index in [1.54, 1.807) is 27.2 Å². The standard InChI is InChI=1S/C16H22O4/c1-6-20-14(17)10-8-11(2)13-9-7-12(3)15(18-4)16(13)19-5/h7-11H,6H2,1-5H3/b10-8+/t11-/m0/s1. The van der Waals surface area contributed by atoms with Gasteiger partial charge in [0, 0.05) is 17.6 Å². The molecule has 20 heavy (non-hydrogen) atoms. The highest BCUT2D eigenvalue weighted by atomic mass is 16.5. The van der Waals surface area contributed by atoms with Crippen LogP contribution in [0.25, 0.3) is 0 Å². The monoisotopic (exact) mass is 278 g/mol. The number of allylic oxidation sites excluding steroid dienone is 1. The first-order valence-corrected chi connectivity index (χ1v) is 6.61. The third-order valence-electron chi connectivity index (χ3n) is 3.05. The summed E-state index contributed by atoms with van der Waals surface area (Å²) in [6.45, 7) is 6.11. The van der Waals surface area contributed by atoms with Gasteiger partial charge in [0.15, 0.2) is 11.5 Å². The van der Waals surface area contributed by atoms with Gasteiger partial charge in [-0.05, 0) is 19.4 Å². The number of ether oxygens (including phenoxy) is 3. The van der Waals surface area contributed by atoms with Gasteiger partial charge in [0.25, 0.3) is 0 Å². The molecule has 0 spiro atoms. The second-order valence-corrected chi connectivity index (χ2v) is 4.44. The Morgan fingerprint density at radius 3 is 2.45 bits per heavy atom. The third kappa shape index (κ3) is 3.76. The molecule has 0 amide bonds. The topological polar surface area (TPSA) is 44.8 Å². The Hall–Kier alpha value is -1.97. The number of aryl methyl sites for hydroxylation is 1. The first-order valence-electron chi connectivity index (χ1n) is 6.61. The third-order valence-corrected chi connectivity index (χ3v) is 3.05. The lowest BCUT2D eigenvalue weighted by Gasteiger charge is -2.17. The second kappa shape index (κ2) is 7.58. The zero-order valence-electron chi connectivity index (χ0n) is 12.7. The van der Waals surface area contributed by atoms with Gasteiger partial charge in [-0.25, -0.2) is 4.79 Å². The molecule has 0 radical (unpaired) electrons. The van der Waals surface area contributed by atoms with Gasteiger partial charge >= 0.3 is 5.97 Å². The van der Waals surface area contributed by atoms with Crippen molar-refractivity contribution in [1.29, 1.82) is 0 Å². The normalized spacial score (nSPS) is 12.2. The van der Waals surface area contributed by atoms with E-state index in [1.165, 1.54) is 6.08 Å². The van der Waals surface area contributed by atoms with Crippen LogP contribution in [0.1, 0.15) is 30.9 Å². The van der Waals surface area contributed by atoms with Crippen LogP contribution in [0.2, 0.25) is 0 Å². The highest BCUT2D eigenvalue weighted by molar-refractivity contribution is 5.82. The van der Waals surface area contributed by atoms with Crippen molar-refractivity contribution in [2.75, 3.05) is 20.8 Å². The fourth-order valence-corrected chi connectivity index (χ4v) is 2.02. The molecule has 110 valence electrons. The lowest BCUT2D eigenvalue weighted by Crippen LogP contribution is -2.02. The predicted molar refractivity (Wildman–Crippen MR) is 78.5 cm³/mol. The molecular weight excluding hydrogens is 256 g/mol. The van der Waals surface area contributed by atoms with E-state index in [1.807, 2.05) is 26.0 Å². The SMILES string of the molecule is CCOC(=O)/C=C/[C@H](C)c1ccc(C)c(OC)c1OC. The van der Waals surface area contributed by atoms with Crippen molar-refractivity contribution in [1.82, 2.24) is 0 Å². The zero-order valence-corrected chi connectivity index (χ0v) is 12.7. The molecule has 0 aliphatic carbocycles. The van der Waals surface area contributed by atoms with E-state index >= 15 is 0 Å². The summed E-state index contributed by atoms with van der Waals surface area (Å²) in [5.74, 6) is 1.11. The van der Waals surface area contributed by atoms with Gasteiger partial charge in [-0.3, -0.25) is 0 Å². The summed E-state index contributed by atoms with van der Waals surface area (Å²) in [4.78, 5) is 11.3. The van der Waals surface area contributed by atoms with E-state index in [2.05, 4.69) is 0 Å². The van der Waals surface area contributed by atoms with Crippen molar-refractivity contribution < 1.29 is 19.0 Å². The molecule has 1 atom stereocenters. The van der Waals surface area contributed by atoms with Gasteiger partial charge in [-0.15, -0.1) is 0 Å². The molecule has 0 saturated heterocycles.